The minimum Gasteiger partial charge on any atom is -0.383 e. The van der Waals surface area contributed by atoms with E-state index in [9.17, 15) is 0 Å². The van der Waals surface area contributed by atoms with Crippen LogP contribution in [-0.2, 0) is 11.2 Å². The van der Waals surface area contributed by atoms with Crippen molar-refractivity contribution in [3.8, 4) is 0 Å². The Morgan fingerprint density at radius 2 is 2.06 bits per heavy atom. The molecule has 1 heterocycles. The lowest BCUT2D eigenvalue weighted by Gasteiger charge is -2.20. The maximum Gasteiger partial charge on any atom is 0.148 e. The molecule has 1 rings (SSSR count). The van der Waals surface area contributed by atoms with E-state index in [0.717, 1.165) is 30.6 Å². The largest absolute Gasteiger partial charge is 0.383 e. The quantitative estimate of drug-likeness (QED) is 0.481. The van der Waals surface area contributed by atoms with Gasteiger partial charge in [-0.05, 0) is 12.8 Å². The number of anilines is 2. The molecule has 0 aliphatic heterocycles. The summed E-state index contributed by atoms with van der Waals surface area (Å²) in [4.78, 5) is 8.40. The van der Waals surface area contributed by atoms with Gasteiger partial charge in [0.25, 0.3) is 0 Å². The van der Waals surface area contributed by atoms with E-state index in [1.54, 1.807) is 7.11 Å². The smallest absolute Gasteiger partial charge is 0.148 e. The number of rotatable bonds is 8. The van der Waals surface area contributed by atoms with Crippen molar-refractivity contribution < 1.29 is 4.74 Å². The zero-order valence-corrected chi connectivity index (χ0v) is 11.4. The second-order valence-electron chi connectivity index (χ2n) is 4.13. The average molecular weight is 253 g/mol. The molecule has 1 atom stereocenters. The molecule has 102 valence electrons. The molecule has 0 aliphatic rings. The Morgan fingerprint density at radius 1 is 1.33 bits per heavy atom. The van der Waals surface area contributed by atoms with Crippen LogP contribution in [0.5, 0.6) is 0 Å². The van der Waals surface area contributed by atoms with Crippen molar-refractivity contribution in [1.29, 1.82) is 0 Å². The maximum atomic E-state index is 5.45. The minimum atomic E-state index is 0.255. The van der Waals surface area contributed by atoms with Gasteiger partial charge in [0.15, 0.2) is 0 Å². The van der Waals surface area contributed by atoms with E-state index in [1.165, 1.54) is 6.33 Å². The number of hydrogen-bond donors (Lipinski definition) is 3. The van der Waals surface area contributed by atoms with Crippen LogP contribution in [0.2, 0.25) is 0 Å². The molecule has 1 aromatic rings. The van der Waals surface area contributed by atoms with Gasteiger partial charge in [0.05, 0.1) is 12.6 Å². The molecular formula is C12H23N5O. The molecule has 1 aromatic heterocycles. The zero-order chi connectivity index (χ0) is 13.4. The second kappa shape index (κ2) is 7.84. The van der Waals surface area contributed by atoms with Gasteiger partial charge in [0.1, 0.15) is 18.0 Å². The summed E-state index contributed by atoms with van der Waals surface area (Å²) < 4.78 is 5.21. The normalized spacial score (nSPS) is 12.2. The molecule has 0 radical (unpaired) electrons. The Bertz CT molecular complexity index is 352. The molecule has 18 heavy (non-hydrogen) atoms. The van der Waals surface area contributed by atoms with Crippen LogP contribution >= 0.6 is 0 Å². The first kappa shape index (κ1) is 14.7. The number of nitrogens with two attached hydrogens (primary N) is 1. The Kier molecular flexibility index (Phi) is 6.38. The van der Waals surface area contributed by atoms with Gasteiger partial charge in [-0.3, -0.25) is 0 Å². The maximum absolute atomic E-state index is 5.45. The van der Waals surface area contributed by atoms with E-state index >= 15 is 0 Å². The van der Waals surface area contributed by atoms with Crippen molar-refractivity contribution in [3.63, 3.8) is 0 Å². The summed E-state index contributed by atoms with van der Waals surface area (Å²) in [7, 11) is 1.71. The van der Waals surface area contributed by atoms with E-state index in [0.29, 0.717) is 12.4 Å². The van der Waals surface area contributed by atoms with Gasteiger partial charge in [-0.1, -0.05) is 20.3 Å². The molecule has 0 spiro atoms. The van der Waals surface area contributed by atoms with Crippen LogP contribution in [-0.4, -0.2) is 29.7 Å². The fourth-order valence-corrected chi connectivity index (χ4v) is 1.94. The third-order valence-corrected chi connectivity index (χ3v) is 2.78. The number of aromatic nitrogens is 2. The molecule has 0 fully saturated rings. The number of ether oxygens (including phenoxy) is 1. The van der Waals surface area contributed by atoms with Crippen LogP contribution in [0, 0.1) is 0 Å². The van der Waals surface area contributed by atoms with Crippen LogP contribution in [0.25, 0.3) is 0 Å². The van der Waals surface area contributed by atoms with E-state index in [4.69, 9.17) is 10.6 Å². The average Bonchev–Trinajstić information content (AvgIpc) is 2.39. The van der Waals surface area contributed by atoms with E-state index < -0.39 is 0 Å². The summed E-state index contributed by atoms with van der Waals surface area (Å²) in [6, 6.07) is 0.255. The molecule has 0 bridgehead atoms. The monoisotopic (exact) mass is 253 g/mol. The SMILES string of the molecule is CCCC(COC)Nc1ncnc(NN)c1CC. The summed E-state index contributed by atoms with van der Waals surface area (Å²) >= 11 is 0. The van der Waals surface area contributed by atoms with Crippen LogP contribution in [0.1, 0.15) is 32.3 Å². The van der Waals surface area contributed by atoms with Crippen LogP contribution in [0.4, 0.5) is 11.6 Å². The molecule has 0 saturated carbocycles. The van der Waals surface area contributed by atoms with Gasteiger partial charge >= 0.3 is 0 Å². The summed E-state index contributed by atoms with van der Waals surface area (Å²) in [6.45, 7) is 4.86. The Morgan fingerprint density at radius 3 is 2.61 bits per heavy atom. The Labute approximate surface area is 108 Å². The standard InChI is InChI=1S/C12H23N5O/c1-4-6-9(7-18-3)16-11-10(5-2)12(17-13)15-8-14-11/h8-9H,4-7,13H2,1-3H3,(H2,14,15,16,17). The first-order valence-corrected chi connectivity index (χ1v) is 6.32. The Balaban J connectivity index is 2.87. The van der Waals surface area contributed by atoms with Gasteiger partial charge in [0, 0.05) is 12.7 Å². The number of hydrogen-bond acceptors (Lipinski definition) is 6. The molecule has 0 aromatic carbocycles. The molecule has 6 nitrogen and oxygen atoms in total. The van der Waals surface area contributed by atoms with Crippen molar-refractivity contribution in [2.75, 3.05) is 24.5 Å². The molecule has 0 amide bonds. The fraction of sp³-hybridized carbons (Fsp3) is 0.667. The summed E-state index contributed by atoms with van der Waals surface area (Å²) in [5, 5.41) is 3.40. The molecule has 6 heteroatoms. The molecule has 0 aliphatic carbocycles. The number of hydrazine groups is 1. The van der Waals surface area contributed by atoms with Gasteiger partial charge in [-0.15, -0.1) is 0 Å². The first-order chi connectivity index (χ1) is 8.76. The molecule has 4 N–H and O–H groups in total. The number of nitrogen functional groups attached to an aromatic ring is 1. The highest BCUT2D eigenvalue weighted by Gasteiger charge is 2.13. The summed E-state index contributed by atoms with van der Waals surface area (Å²) in [6.07, 6.45) is 4.45. The molecule has 0 saturated heterocycles. The predicted octanol–water partition coefficient (Wildman–Crippen LogP) is 1.55. The Hall–Kier alpha value is -1.40. The number of nitrogens with zero attached hydrogens (tertiary/aromatic N) is 2. The lowest BCUT2D eigenvalue weighted by molar-refractivity contribution is 0.182. The predicted molar refractivity (Wildman–Crippen MR) is 73.4 cm³/mol. The third kappa shape index (κ3) is 3.82. The van der Waals surface area contributed by atoms with Crippen molar-refractivity contribution in [2.45, 2.75) is 39.2 Å². The lowest BCUT2D eigenvalue weighted by Crippen LogP contribution is -2.26. The van der Waals surface area contributed by atoms with Crippen molar-refractivity contribution in [2.24, 2.45) is 5.84 Å². The fourth-order valence-electron chi connectivity index (χ4n) is 1.94. The summed E-state index contributed by atoms with van der Waals surface area (Å²) in [5.74, 6) is 6.95. The summed E-state index contributed by atoms with van der Waals surface area (Å²) in [5.41, 5.74) is 3.60. The highest BCUT2D eigenvalue weighted by atomic mass is 16.5. The van der Waals surface area contributed by atoms with E-state index in [-0.39, 0.29) is 6.04 Å². The van der Waals surface area contributed by atoms with Gasteiger partial charge in [-0.25, -0.2) is 15.8 Å². The highest BCUT2D eigenvalue weighted by Crippen LogP contribution is 2.20. The van der Waals surface area contributed by atoms with Gasteiger partial charge in [-0.2, -0.15) is 0 Å². The topological polar surface area (TPSA) is 85.1 Å². The molecular weight excluding hydrogens is 230 g/mol. The number of nitrogens with one attached hydrogen (secondary N) is 2. The van der Waals surface area contributed by atoms with Crippen LogP contribution in [0.3, 0.4) is 0 Å². The third-order valence-electron chi connectivity index (χ3n) is 2.78. The van der Waals surface area contributed by atoms with Crippen molar-refractivity contribution >= 4 is 11.6 Å². The van der Waals surface area contributed by atoms with E-state index in [1.807, 2.05) is 0 Å². The van der Waals surface area contributed by atoms with Crippen molar-refractivity contribution in [1.82, 2.24) is 9.97 Å². The molecule has 1 unspecified atom stereocenters. The minimum absolute atomic E-state index is 0.255. The van der Waals surface area contributed by atoms with Gasteiger partial charge in [0.2, 0.25) is 0 Å². The van der Waals surface area contributed by atoms with Crippen LogP contribution < -0.4 is 16.6 Å². The number of methoxy groups -OCH3 is 1. The van der Waals surface area contributed by atoms with Crippen molar-refractivity contribution in [3.05, 3.63) is 11.9 Å². The lowest BCUT2D eigenvalue weighted by atomic mass is 10.1. The highest BCUT2D eigenvalue weighted by molar-refractivity contribution is 5.57. The van der Waals surface area contributed by atoms with Gasteiger partial charge < -0.3 is 15.5 Å². The second-order valence-corrected chi connectivity index (χ2v) is 4.13. The van der Waals surface area contributed by atoms with E-state index in [2.05, 4.69) is 34.6 Å². The first-order valence-electron chi connectivity index (χ1n) is 6.32. The van der Waals surface area contributed by atoms with Crippen LogP contribution in [0.15, 0.2) is 6.33 Å². The zero-order valence-electron chi connectivity index (χ0n) is 11.4.